The van der Waals surface area contributed by atoms with Crippen molar-refractivity contribution in [3.05, 3.63) is 63.0 Å². The van der Waals surface area contributed by atoms with Gasteiger partial charge >= 0.3 is 0 Å². The van der Waals surface area contributed by atoms with E-state index in [0.29, 0.717) is 12.1 Å². The maximum absolute atomic E-state index is 13.1. The Bertz CT molecular complexity index is 974. The normalized spacial score (nSPS) is 16.8. The van der Waals surface area contributed by atoms with E-state index in [2.05, 4.69) is 48.4 Å². The lowest BCUT2D eigenvalue weighted by atomic mass is 9.92. The molecule has 1 atom stereocenters. The van der Waals surface area contributed by atoms with Crippen LogP contribution in [0.15, 0.2) is 41.5 Å². The number of hydrogen-bond acceptors (Lipinski definition) is 4. The molecule has 0 fully saturated rings. The third-order valence-corrected chi connectivity index (χ3v) is 6.47. The molecule has 0 bridgehead atoms. The molecule has 2 aromatic heterocycles. The third kappa shape index (κ3) is 3.99. The SMILES string of the molecule is CC(C)N[C@H]1CCc2c(sc3ncn(CCCc4ccccc4)c(=O)c23)C1. The molecule has 1 aromatic carbocycles. The molecule has 1 aliphatic rings. The molecule has 5 heteroatoms. The van der Waals surface area contributed by atoms with E-state index in [1.165, 1.54) is 16.0 Å². The second-order valence-corrected chi connectivity index (χ2v) is 8.86. The zero-order valence-electron chi connectivity index (χ0n) is 16.1. The Hall–Kier alpha value is -1.98. The minimum atomic E-state index is 0.140. The van der Waals surface area contributed by atoms with Crippen molar-refractivity contribution in [1.82, 2.24) is 14.9 Å². The molecule has 0 saturated carbocycles. The standard InChI is InChI=1S/C22H27N3OS/c1-15(2)24-17-10-11-18-19(13-17)27-21-20(18)22(26)25(14-23-21)12-6-9-16-7-4-3-5-8-16/h3-5,7-8,14-15,17,24H,6,9-13H2,1-2H3/t17-/m0/s1. The summed E-state index contributed by atoms with van der Waals surface area (Å²) >= 11 is 1.71. The Labute approximate surface area is 164 Å². The molecular formula is C22H27N3OS. The van der Waals surface area contributed by atoms with Gasteiger partial charge in [-0.05, 0) is 43.2 Å². The van der Waals surface area contributed by atoms with Crippen molar-refractivity contribution in [2.45, 2.75) is 64.6 Å². The van der Waals surface area contributed by atoms with Crippen molar-refractivity contribution >= 4 is 21.6 Å². The van der Waals surface area contributed by atoms with Gasteiger partial charge in [0.1, 0.15) is 4.83 Å². The molecular weight excluding hydrogens is 354 g/mol. The lowest BCUT2D eigenvalue weighted by Gasteiger charge is -2.25. The fourth-order valence-electron chi connectivity index (χ4n) is 4.07. The fourth-order valence-corrected chi connectivity index (χ4v) is 5.33. The van der Waals surface area contributed by atoms with Crippen molar-refractivity contribution in [1.29, 1.82) is 0 Å². The van der Waals surface area contributed by atoms with Crippen LogP contribution in [0.2, 0.25) is 0 Å². The summed E-state index contributed by atoms with van der Waals surface area (Å²) in [6.07, 6.45) is 6.76. The van der Waals surface area contributed by atoms with E-state index < -0.39 is 0 Å². The molecule has 0 amide bonds. The van der Waals surface area contributed by atoms with Crippen LogP contribution in [0.3, 0.4) is 0 Å². The molecule has 0 saturated heterocycles. The minimum absolute atomic E-state index is 0.140. The summed E-state index contributed by atoms with van der Waals surface area (Å²) < 4.78 is 1.80. The van der Waals surface area contributed by atoms with Gasteiger partial charge in [0, 0.05) is 23.5 Å². The zero-order chi connectivity index (χ0) is 18.8. The molecule has 0 spiro atoms. The predicted octanol–water partition coefficient (Wildman–Crippen LogP) is 3.95. The lowest BCUT2D eigenvalue weighted by Crippen LogP contribution is -2.38. The van der Waals surface area contributed by atoms with E-state index in [0.717, 1.165) is 48.9 Å². The Morgan fingerprint density at radius 3 is 2.89 bits per heavy atom. The largest absolute Gasteiger partial charge is 0.311 e. The Morgan fingerprint density at radius 2 is 2.11 bits per heavy atom. The Kier molecular flexibility index (Phi) is 5.41. The number of rotatable bonds is 6. The van der Waals surface area contributed by atoms with E-state index in [-0.39, 0.29) is 5.56 Å². The van der Waals surface area contributed by atoms with Crippen LogP contribution < -0.4 is 10.9 Å². The highest BCUT2D eigenvalue weighted by atomic mass is 32.1. The van der Waals surface area contributed by atoms with Crippen molar-refractivity contribution < 1.29 is 0 Å². The topological polar surface area (TPSA) is 46.9 Å². The van der Waals surface area contributed by atoms with Crippen LogP contribution in [0.25, 0.3) is 10.2 Å². The Balaban J connectivity index is 1.53. The van der Waals surface area contributed by atoms with Crippen LogP contribution in [0.5, 0.6) is 0 Å². The molecule has 0 radical (unpaired) electrons. The number of hydrogen-bond donors (Lipinski definition) is 1. The van der Waals surface area contributed by atoms with Crippen molar-refractivity contribution in [3.63, 3.8) is 0 Å². The first-order valence-electron chi connectivity index (χ1n) is 9.91. The number of nitrogens with one attached hydrogen (secondary N) is 1. The van der Waals surface area contributed by atoms with Crippen molar-refractivity contribution in [2.75, 3.05) is 0 Å². The smallest absolute Gasteiger partial charge is 0.262 e. The third-order valence-electron chi connectivity index (χ3n) is 5.31. The highest BCUT2D eigenvalue weighted by molar-refractivity contribution is 7.18. The van der Waals surface area contributed by atoms with Gasteiger partial charge in [-0.25, -0.2) is 4.98 Å². The van der Waals surface area contributed by atoms with Gasteiger partial charge in [0.2, 0.25) is 0 Å². The second kappa shape index (κ2) is 7.95. The van der Waals surface area contributed by atoms with Crippen LogP contribution in [-0.2, 0) is 25.8 Å². The number of fused-ring (bicyclic) bond motifs is 3. The first-order valence-corrected chi connectivity index (χ1v) is 10.7. The average molecular weight is 382 g/mol. The molecule has 0 aliphatic heterocycles. The number of benzene rings is 1. The number of aryl methyl sites for hydroxylation is 3. The molecule has 4 rings (SSSR count). The average Bonchev–Trinajstić information content (AvgIpc) is 3.02. The van der Waals surface area contributed by atoms with Crippen LogP contribution in [0, 0.1) is 0 Å². The molecule has 1 aliphatic carbocycles. The maximum atomic E-state index is 13.1. The summed E-state index contributed by atoms with van der Waals surface area (Å²) in [4.78, 5) is 20.0. The van der Waals surface area contributed by atoms with E-state index in [4.69, 9.17) is 0 Å². The minimum Gasteiger partial charge on any atom is -0.311 e. The molecule has 1 N–H and O–H groups in total. The van der Waals surface area contributed by atoms with Crippen molar-refractivity contribution in [3.8, 4) is 0 Å². The van der Waals surface area contributed by atoms with Crippen LogP contribution in [-0.4, -0.2) is 21.6 Å². The summed E-state index contributed by atoms with van der Waals surface area (Å²) in [5, 5.41) is 4.51. The van der Waals surface area contributed by atoms with Gasteiger partial charge in [-0.3, -0.25) is 9.36 Å². The summed E-state index contributed by atoms with van der Waals surface area (Å²) in [7, 11) is 0. The van der Waals surface area contributed by atoms with Gasteiger partial charge < -0.3 is 5.32 Å². The van der Waals surface area contributed by atoms with E-state index in [1.54, 1.807) is 22.2 Å². The molecule has 27 heavy (non-hydrogen) atoms. The highest BCUT2D eigenvalue weighted by Gasteiger charge is 2.25. The van der Waals surface area contributed by atoms with E-state index in [1.807, 2.05) is 6.07 Å². The van der Waals surface area contributed by atoms with Gasteiger partial charge in [0.05, 0.1) is 11.7 Å². The maximum Gasteiger partial charge on any atom is 0.262 e. The predicted molar refractivity (Wildman–Crippen MR) is 113 cm³/mol. The fraction of sp³-hybridized carbons (Fsp3) is 0.455. The quantitative estimate of drug-likeness (QED) is 0.703. The molecule has 2 heterocycles. The monoisotopic (exact) mass is 381 g/mol. The van der Waals surface area contributed by atoms with Crippen molar-refractivity contribution in [2.24, 2.45) is 0 Å². The summed E-state index contributed by atoms with van der Waals surface area (Å²) in [5.41, 5.74) is 2.71. The van der Waals surface area contributed by atoms with Gasteiger partial charge in [-0.2, -0.15) is 0 Å². The van der Waals surface area contributed by atoms with Crippen LogP contribution in [0.4, 0.5) is 0 Å². The van der Waals surface area contributed by atoms with Gasteiger partial charge in [0.15, 0.2) is 0 Å². The summed E-state index contributed by atoms with van der Waals surface area (Å²) in [5.74, 6) is 0. The van der Waals surface area contributed by atoms with E-state index in [9.17, 15) is 4.79 Å². The van der Waals surface area contributed by atoms with Crippen LogP contribution in [0.1, 0.15) is 42.7 Å². The molecule has 0 unspecified atom stereocenters. The summed E-state index contributed by atoms with van der Waals surface area (Å²) in [6.45, 7) is 5.10. The number of nitrogens with zero attached hydrogens (tertiary/aromatic N) is 2. The summed E-state index contributed by atoms with van der Waals surface area (Å²) in [6, 6.07) is 11.4. The molecule has 142 valence electrons. The molecule has 3 aromatic rings. The zero-order valence-corrected chi connectivity index (χ0v) is 16.9. The first kappa shape index (κ1) is 18.4. The Morgan fingerprint density at radius 1 is 1.30 bits per heavy atom. The van der Waals surface area contributed by atoms with Gasteiger partial charge in [0.25, 0.3) is 5.56 Å². The number of thiophene rings is 1. The van der Waals surface area contributed by atoms with Gasteiger partial charge in [-0.1, -0.05) is 44.2 Å². The van der Waals surface area contributed by atoms with E-state index >= 15 is 0 Å². The molecule has 4 nitrogen and oxygen atoms in total. The first-order chi connectivity index (χ1) is 13.1. The van der Waals surface area contributed by atoms with Crippen LogP contribution >= 0.6 is 11.3 Å². The lowest BCUT2D eigenvalue weighted by molar-refractivity contribution is 0.425. The highest BCUT2D eigenvalue weighted by Crippen LogP contribution is 2.33. The second-order valence-electron chi connectivity index (χ2n) is 7.78. The number of aromatic nitrogens is 2. The van der Waals surface area contributed by atoms with Gasteiger partial charge in [-0.15, -0.1) is 11.3 Å².